The van der Waals surface area contributed by atoms with E-state index in [1.165, 1.54) is 0 Å². The van der Waals surface area contributed by atoms with Gasteiger partial charge in [0, 0.05) is 27.2 Å². The first kappa shape index (κ1) is 21.4. The second-order valence-electron chi connectivity index (χ2n) is 6.91. The fraction of sp³-hybridized carbons (Fsp3) is 0.0833. The lowest BCUT2D eigenvalue weighted by molar-refractivity contribution is 0.0946. The number of halogens is 3. The highest BCUT2D eigenvalue weighted by Gasteiger charge is 2.17. The minimum Gasteiger partial charge on any atom is -0.350 e. The molecular formula is C24H18Cl3N3O. The van der Waals surface area contributed by atoms with Crippen molar-refractivity contribution in [3.8, 4) is 16.9 Å². The number of amides is 1. The van der Waals surface area contributed by atoms with Gasteiger partial charge in [0.1, 0.15) is 5.69 Å². The fourth-order valence-electron chi connectivity index (χ4n) is 3.20. The molecule has 0 unspecified atom stereocenters. The van der Waals surface area contributed by atoms with Gasteiger partial charge >= 0.3 is 0 Å². The van der Waals surface area contributed by atoms with E-state index in [2.05, 4.69) is 10.4 Å². The first-order chi connectivity index (χ1) is 15.0. The van der Waals surface area contributed by atoms with E-state index in [9.17, 15) is 4.79 Å². The Bertz CT molecular complexity index is 1200. The van der Waals surface area contributed by atoms with Gasteiger partial charge in [0.15, 0.2) is 0 Å². The summed E-state index contributed by atoms with van der Waals surface area (Å²) in [7, 11) is 0. The van der Waals surface area contributed by atoms with Crippen molar-refractivity contribution >= 4 is 40.7 Å². The Morgan fingerprint density at radius 1 is 0.871 bits per heavy atom. The zero-order valence-electron chi connectivity index (χ0n) is 16.4. The third kappa shape index (κ3) is 5.10. The molecule has 4 nitrogen and oxygen atoms in total. The van der Waals surface area contributed by atoms with Crippen molar-refractivity contribution in [2.45, 2.75) is 6.42 Å². The maximum Gasteiger partial charge on any atom is 0.270 e. The average Bonchev–Trinajstić information content (AvgIpc) is 3.22. The maximum absolute atomic E-state index is 13.0. The Balaban J connectivity index is 1.58. The van der Waals surface area contributed by atoms with Crippen LogP contribution in [0.2, 0.25) is 15.1 Å². The van der Waals surface area contributed by atoms with Crippen molar-refractivity contribution < 1.29 is 4.79 Å². The number of carbonyl (C=O) groups excluding carboxylic acids is 1. The summed E-state index contributed by atoms with van der Waals surface area (Å²) in [6.45, 7) is 0.423. The minimum absolute atomic E-state index is 0.227. The molecular weight excluding hydrogens is 453 g/mol. The van der Waals surface area contributed by atoms with E-state index in [-0.39, 0.29) is 5.91 Å². The van der Waals surface area contributed by atoms with Crippen LogP contribution >= 0.6 is 34.8 Å². The molecule has 0 spiro atoms. The molecule has 1 N–H and O–H groups in total. The van der Waals surface area contributed by atoms with Gasteiger partial charge in [-0.05, 0) is 54.4 Å². The number of nitrogens with zero attached hydrogens (tertiary/aromatic N) is 2. The first-order valence-electron chi connectivity index (χ1n) is 9.65. The molecule has 0 radical (unpaired) electrons. The topological polar surface area (TPSA) is 46.9 Å². The molecule has 0 fully saturated rings. The monoisotopic (exact) mass is 469 g/mol. The first-order valence-corrected chi connectivity index (χ1v) is 10.8. The van der Waals surface area contributed by atoms with E-state index in [1.807, 2.05) is 48.5 Å². The molecule has 31 heavy (non-hydrogen) atoms. The molecule has 0 saturated heterocycles. The predicted octanol–water partition coefficient (Wildman–Crippen LogP) is 6.47. The van der Waals surface area contributed by atoms with Crippen LogP contribution in [-0.2, 0) is 6.42 Å². The van der Waals surface area contributed by atoms with Gasteiger partial charge in [-0.2, -0.15) is 5.10 Å². The number of aromatic nitrogens is 2. The van der Waals surface area contributed by atoms with E-state index in [0.717, 1.165) is 16.8 Å². The molecule has 1 amide bonds. The number of rotatable bonds is 6. The zero-order valence-corrected chi connectivity index (χ0v) is 18.6. The number of carbonyl (C=O) groups is 1. The molecule has 4 rings (SSSR count). The van der Waals surface area contributed by atoms with Gasteiger partial charge in [0.2, 0.25) is 0 Å². The Hall–Kier alpha value is -2.79. The predicted molar refractivity (Wildman–Crippen MR) is 127 cm³/mol. The number of hydrogen-bond acceptors (Lipinski definition) is 2. The molecule has 0 aliphatic carbocycles. The van der Waals surface area contributed by atoms with E-state index in [1.54, 1.807) is 35.0 Å². The van der Waals surface area contributed by atoms with Gasteiger partial charge in [-0.1, -0.05) is 71.2 Å². The van der Waals surface area contributed by atoms with Crippen molar-refractivity contribution in [3.05, 3.63) is 105 Å². The molecule has 0 saturated carbocycles. The largest absolute Gasteiger partial charge is 0.350 e. The van der Waals surface area contributed by atoms with Crippen molar-refractivity contribution in [2.24, 2.45) is 0 Å². The van der Waals surface area contributed by atoms with E-state index < -0.39 is 0 Å². The van der Waals surface area contributed by atoms with Crippen LogP contribution in [0.15, 0.2) is 78.9 Å². The van der Waals surface area contributed by atoms with Crippen LogP contribution in [0.25, 0.3) is 16.9 Å². The van der Waals surface area contributed by atoms with Crippen molar-refractivity contribution in [1.82, 2.24) is 15.1 Å². The van der Waals surface area contributed by atoms with Crippen molar-refractivity contribution in [2.75, 3.05) is 6.54 Å². The second kappa shape index (κ2) is 9.56. The number of hydrogen-bond donors (Lipinski definition) is 1. The van der Waals surface area contributed by atoms with Gasteiger partial charge in [-0.3, -0.25) is 4.79 Å². The van der Waals surface area contributed by atoms with Crippen molar-refractivity contribution in [1.29, 1.82) is 0 Å². The third-order valence-corrected chi connectivity index (χ3v) is 5.62. The molecule has 0 bridgehead atoms. The van der Waals surface area contributed by atoms with E-state index in [0.29, 0.717) is 39.4 Å². The smallest absolute Gasteiger partial charge is 0.270 e. The summed E-state index contributed by atoms with van der Waals surface area (Å²) in [6.07, 6.45) is 0.586. The molecule has 4 aromatic rings. The molecule has 0 aliphatic rings. The van der Waals surface area contributed by atoms with Crippen LogP contribution in [0.4, 0.5) is 0 Å². The molecule has 1 heterocycles. The normalized spacial score (nSPS) is 10.8. The number of nitrogens with one attached hydrogen (secondary N) is 1. The van der Waals surface area contributed by atoms with Crippen LogP contribution in [0, 0.1) is 0 Å². The maximum atomic E-state index is 13.0. The molecule has 7 heteroatoms. The SMILES string of the molecule is O=C(NCCc1ccc(Cl)cc1Cl)c1cc(-c2ccccc2)nn1-c1ccc(Cl)cc1. The van der Waals surface area contributed by atoms with Gasteiger partial charge in [-0.25, -0.2) is 4.68 Å². The molecule has 0 atom stereocenters. The highest BCUT2D eigenvalue weighted by atomic mass is 35.5. The van der Waals surface area contributed by atoms with Crippen LogP contribution < -0.4 is 5.32 Å². The standard InChI is InChI=1S/C24H18Cl3N3O/c25-18-8-10-20(11-9-18)30-23(15-22(29-30)17-4-2-1-3-5-17)24(31)28-13-12-16-6-7-19(26)14-21(16)27/h1-11,14-15H,12-13H2,(H,28,31). The summed E-state index contributed by atoms with van der Waals surface area (Å²) >= 11 is 18.2. The summed E-state index contributed by atoms with van der Waals surface area (Å²) in [4.78, 5) is 13.0. The van der Waals surface area contributed by atoms with Crippen LogP contribution in [0.5, 0.6) is 0 Å². The summed E-state index contributed by atoms with van der Waals surface area (Å²) in [5.74, 6) is -0.227. The third-order valence-electron chi connectivity index (χ3n) is 4.78. The highest BCUT2D eigenvalue weighted by Crippen LogP contribution is 2.23. The summed E-state index contributed by atoms with van der Waals surface area (Å²) < 4.78 is 1.63. The molecule has 0 aliphatic heterocycles. The molecule has 156 valence electrons. The Morgan fingerprint density at radius 2 is 1.58 bits per heavy atom. The number of benzene rings is 3. The molecule has 1 aromatic heterocycles. The summed E-state index contributed by atoms with van der Waals surface area (Å²) in [5.41, 5.74) is 3.74. The van der Waals surface area contributed by atoms with Crippen LogP contribution in [0.3, 0.4) is 0 Å². The zero-order chi connectivity index (χ0) is 21.8. The Kier molecular flexibility index (Phi) is 6.62. The molecule has 3 aromatic carbocycles. The highest BCUT2D eigenvalue weighted by molar-refractivity contribution is 6.35. The van der Waals surface area contributed by atoms with Crippen LogP contribution in [-0.4, -0.2) is 22.2 Å². The second-order valence-corrected chi connectivity index (χ2v) is 8.19. The van der Waals surface area contributed by atoms with Gasteiger partial charge in [-0.15, -0.1) is 0 Å². The summed E-state index contributed by atoms with van der Waals surface area (Å²) in [6, 6.07) is 24.1. The van der Waals surface area contributed by atoms with E-state index >= 15 is 0 Å². The lowest BCUT2D eigenvalue weighted by atomic mass is 10.1. The lowest BCUT2D eigenvalue weighted by Gasteiger charge is -2.09. The Labute approximate surface area is 195 Å². The lowest BCUT2D eigenvalue weighted by Crippen LogP contribution is -2.27. The quantitative estimate of drug-likeness (QED) is 0.351. The Morgan fingerprint density at radius 3 is 2.29 bits per heavy atom. The van der Waals surface area contributed by atoms with E-state index in [4.69, 9.17) is 34.8 Å². The van der Waals surface area contributed by atoms with Crippen molar-refractivity contribution in [3.63, 3.8) is 0 Å². The minimum atomic E-state index is -0.227. The van der Waals surface area contributed by atoms with Gasteiger partial charge in [0.05, 0.1) is 11.4 Å². The van der Waals surface area contributed by atoms with Gasteiger partial charge < -0.3 is 5.32 Å². The summed E-state index contributed by atoms with van der Waals surface area (Å²) in [5, 5.41) is 9.41. The average molecular weight is 471 g/mol. The van der Waals surface area contributed by atoms with Gasteiger partial charge in [0.25, 0.3) is 5.91 Å². The fourth-order valence-corrected chi connectivity index (χ4v) is 3.83. The van der Waals surface area contributed by atoms with Crippen LogP contribution in [0.1, 0.15) is 16.1 Å².